The lowest BCUT2D eigenvalue weighted by molar-refractivity contribution is 0.355. The Morgan fingerprint density at radius 2 is 1.78 bits per heavy atom. The minimum Gasteiger partial charge on any atom is -0.493 e. The topological polar surface area (TPSA) is 68.1 Å². The van der Waals surface area contributed by atoms with E-state index < -0.39 is 0 Å². The smallest absolute Gasteiger partial charge is 0.352 e. The van der Waals surface area contributed by atoms with Crippen LogP contribution in [0.1, 0.15) is 0 Å². The number of nitrogens with zero attached hydrogens (tertiary/aromatic N) is 3. The number of hydrogen-bond acceptors (Lipinski definition) is 6. The average Bonchev–Trinajstić information content (AvgIpc) is 2.73. The zero-order valence-corrected chi connectivity index (χ0v) is 15.4. The van der Waals surface area contributed by atoms with Gasteiger partial charge in [-0.15, -0.1) is 0 Å². The van der Waals surface area contributed by atoms with Gasteiger partial charge in [-0.05, 0) is 36.4 Å². The van der Waals surface area contributed by atoms with Crippen LogP contribution in [0.25, 0.3) is 16.8 Å². The van der Waals surface area contributed by atoms with Crippen LogP contribution in [0.5, 0.6) is 11.5 Å². The highest BCUT2D eigenvalue weighted by molar-refractivity contribution is 5.68. The molecule has 1 aliphatic rings. The van der Waals surface area contributed by atoms with Gasteiger partial charge in [0.2, 0.25) is 0 Å². The fourth-order valence-corrected chi connectivity index (χ4v) is 3.37. The molecule has 0 bridgehead atoms. The van der Waals surface area contributed by atoms with Crippen LogP contribution in [-0.2, 0) is 0 Å². The van der Waals surface area contributed by atoms with Gasteiger partial charge in [-0.3, -0.25) is 4.40 Å². The van der Waals surface area contributed by atoms with Gasteiger partial charge >= 0.3 is 5.69 Å². The van der Waals surface area contributed by atoms with Crippen molar-refractivity contribution in [3.8, 4) is 22.8 Å². The molecule has 27 heavy (non-hydrogen) atoms. The molecule has 7 heteroatoms. The number of anilines is 1. The summed E-state index contributed by atoms with van der Waals surface area (Å²) in [6.45, 7) is 3.75. The number of hydrogen-bond donors (Lipinski definition) is 1. The van der Waals surface area contributed by atoms with Gasteiger partial charge < -0.3 is 19.7 Å². The van der Waals surface area contributed by atoms with Crippen molar-refractivity contribution in [3.63, 3.8) is 0 Å². The largest absolute Gasteiger partial charge is 0.493 e. The van der Waals surface area contributed by atoms with E-state index in [0.29, 0.717) is 17.2 Å². The van der Waals surface area contributed by atoms with E-state index in [0.717, 1.165) is 42.9 Å². The number of benzene rings is 1. The van der Waals surface area contributed by atoms with E-state index in [9.17, 15) is 4.79 Å². The minimum atomic E-state index is -0.297. The molecule has 2 aromatic heterocycles. The zero-order valence-electron chi connectivity index (χ0n) is 15.4. The molecule has 1 aromatic carbocycles. The summed E-state index contributed by atoms with van der Waals surface area (Å²) in [4.78, 5) is 19.2. The van der Waals surface area contributed by atoms with Crippen LogP contribution in [0.2, 0.25) is 0 Å². The quantitative estimate of drug-likeness (QED) is 0.759. The summed E-state index contributed by atoms with van der Waals surface area (Å²) in [6, 6.07) is 11.4. The molecule has 0 amide bonds. The molecule has 7 nitrogen and oxygen atoms in total. The summed E-state index contributed by atoms with van der Waals surface area (Å²) in [6.07, 6.45) is 1.87. The fraction of sp³-hybridized carbons (Fsp3) is 0.300. The normalized spacial score (nSPS) is 14.4. The number of methoxy groups -OCH3 is 2. The van der Waals surface area contributed by atoms with Crippen LogP contribution < -0.4 is 25.4 Å². The van der Waals surface area contributed by atoms with E-state index in [1.807, 2.05) is 36.5 Å². The number of nitrogens with one attached hydrogen (secondary N) is 1. The van der Waals surface area contributed by atoms with E-state index in [-0.39, 0.29) is 5.69 Å². The Kier molecular flexibility index (Phi) is 4.68. The van der Waals surface area contributed by atoms with Crippen molar-refractivity contribution < 1.29 is 9.47 Å². The van der Waals surface area contributed by atoms with Crippen LogP contribution in [0, 0.1) is 0 Å². The molecule has 3 heterocycles. The minimum absolute atomic E-state index is 0.297. The molecule has 0 saturated carbocycles. The van der Waals surface area contributed by atoms with Gasteiger partial charge in [0.15, 0.2) is 11.5 Å². The highest BCUT2D eigenvalue weighted by Gasteiger charge is 2.13. The van der Waals surface area contributed by atoms with Gasteiger partial charge in [0.05, 0.1) is 31.1 Å². The molecule has 1 saturated heterocycles. The van der Waals surface area contributed by atoms with Gasteiger partial charge in [-0.2, -0.15) is 4.98 Å². The van der Waals surface area contributed by atoms with Gasteiger partial charge in [-0.25, -0.2) is 4.79 Å². The maximum absolute atomic E-state index is 12.7. The zero-order chi connectivity index (χ0) is 18.8. The SMILES string of the molecule is COc1ccc(-c2cc3ccc(N4CCNCC4)cn3c(=O)n2)cc1OC. The Hall–Kier alpha value is -3.06. The van der Waals surface area contributed by atoms with Crippen molar-refractivity contribution in [2.45, 2.75) is 0 Å². The lowest BCUT2D eigenvalue weighted by atomic mass is 10.1. The van der Waals surface area contributed by atoms with E-state index in [4.69, 9.17) is 9.47 Å². The third kappa shape index (κ3) is 3.33. The summed E-state index contributed by atoms with van der Waals surface area (Å²) < 4.78 is 12.2. The molecule has 0 radical (unpaired) electrons. The van der Waals surface area contributed by atoms with E-state index in [1.54, 1.807) is 18.6 Å². The first-order valence-electron chi connectivity index (χ1n) is 8.91. The molecule has 0 atom stereocenters. The van der Waals surface area contributed by atoms with Crippen LogP contribution in [0.15, 0.2) is 47.4 Å². The molecule has 1 fully saturated rings. The Labute approximate surface area is 157 Å². The lowest BCUT2D eigenvalue weighted by Gasteiger charge is -2.29. The summed E-state index contributed by atoms with van der Waals surface area (Å²) in [5, 5.41) is 3.33. The molecule has 0 spiro atoms. The first-order chi connectivity index (χ1) is 13.2. The van der Waals surface area contributed by atoms with E-state index in [2.05, 4.69) is 21.3 Å². The predicted molar refractivity (Wildman–Crippen MR) is 105 cm³/mol. The molecule has 0 aliphatic carbocycles. The standard InChI is InChI=1S/C20H22N4O3/c1-26-18-6-3-14(11-19(18)27-2)17-12-15-4-5-16(13-24(15)20(25)22-17)23-9-7-21-8-10-23/h3-6,11-13,21H,7-10H2,1-2H3. The summed E-state index contributed by atoms with van der Waals surface area (Å²) in [5.41, 5.74) is 2.95. The third-order valence-electron chi connectivity index (χ3n) is 4.83. The molecular weight excluding hydrogens is 344 g/mol. The second kappa shape index (κ2) is 7.28. The first kappa shape index (κ1) is 17.4. The average molecular weight is 366 g/mol. The molecule has 3 aromatic rings. The number of piperazine rings is 1. The molecular formula is C20H22N4O3. The number of ether oxygens (including phenoxy) is 2. The third-order valence-corrected chi connectivity index (χ3v) is 4.83. The molecule has 0 unspecified atom stereocenters. The number of rotatable bonds is 4. The lowest BCUT2D eigenvalue weighted by Crippen LogP contribution is -2.43. The predicted octanol–water partition coefficient (Wildman–Crippen LogP) is 1.79. The van der Waals surface area contributed by atoms with Crippen molar-refractivity contribution in [3.05, 3.63) is 53.1 Å². The summed E-state index contributed by atoms with van der Waals surface area (Å²) >= 11 is 0. The molecule has 140 valence electrons. The Balaban J connectivity index is 1.75. The van der Waals surface area contributed by atoms with Crippen LogP contribution in [-0.4, -0.2) is 49.8 Å². The summed E-state index contributed by atoms with van der Waals surface area (Å²) in [7, 11) is 3.18. The van der Waals surface area contributed by atoms with Crippen molar-refractivity contribution in [1.29, 1.82) is 0 Å². The van der Waals surface area contributed by atoms with Gasteiger partial charge in [-0.1, -0.05) is 0 Å². The fourth-order valence-electron chi connectivity index (χ4n) is 3.37. The van der Waals surface area contributed by atoms with Crippen molar-refractivity contribution in [2.24, 2.45) is 0 Å². The van der Waals surface area contributed by atoms with Gasteiger partial charge in [0.25, 0.3) is 0 Å². The highest BCUT2D eigenvalue weighted by Crippen LogP contribution is 2.31. The van der Waals surface area contributed by atoms with Gasteiger partial charge in [0, 0.05) is 37.9 Å². The molecule has 1 N–H and O–H groups in total. The van der Waals surface area contributed by atoms with Crippen molar-refractivity contribution in [1.82, 2.24) is 14.7 Å². The monoisotopic (exact) mass is 366 g/mol. The van der Waals surface area contributed by atoms with Crippen molar-refractivity contribution in [2.75, 3.05) is 45.3 Å². The first-order valence-corrected chi connectivity index (χ1v) is 8.91. The number of aromatic nitrogens is 2. The highest BCUT2D eigenvalue weighted by atomic mass is 16.5. The van der Waals surface area contributed by atoms with Crippen LogP contribution >= 0.6 is 0 Å². The Bertz CT molecular complexity index is 1030. The van der Waals surface area contributed by atoms with Gasteiger partial charge in [0.1, 0.15) is 0 Å². The Morgan fingerprint density at radius 3 is 2.52 bits per heavy atom. The summed E-state index contributed by atoms with van der Waals surface area (Å²) in [5.74, 6) is 1.24. The Morgan fingerprint density at radius 1 is 1.00 bits per heavy atom. The molecule has 1 aliphatic heterocycles. The van der Waals surface area contributed by atoms with E-state index >= 15 is 0 Å². The second-order valence-corrected chi connectivity index (χ2v) is 6.41. The van der Waals surface area contributed by atoms with E-state index in [1.165, 1.54) is 0 Å². The number of fused-ring (bicyclic) bond motifs is 1. The maximum Gasteiger partial charge on any atom is 0.352 e. The van der Waals surface area contributed by atoms with Crippen LogP contribution in [0.4, 0.5) is 5.69 Å². The second-order valence-electron chi connectivity index (χ2n) is 6.41. The molecule has 4 rings (SSSR count). The van der Waals surface area contributed by atoms with Crippen molar-refractivity contribution >= 4 is 11.2 Å². The maximum atomic E-state index is 12.7. The number of pyridine rings is 1. The van der Waals surface area contributed by atoms with Crippen LogP contribution in [0.3, 0.4) is 0 Å².